The molecule has 34 heavy (non-hydrogen) atoms. The van der Waals surface area contributed by atoms with Gasteiger partial charge in [-0.3, -0.25) is 9.52 Å². The molecule has 174 valence electrons. The molecule has 0 spiro atoms. The highest BCUT2D eigenvalue weighted by Gasteiger charge is 2.27. The van der Waals surface area contributed by atoms with E-state index in [4.69, 9.17) is 4.98 Å². The molecule has 10 heteroatoms. The fraction of sp³-hybridized carbons (Fsp3) is 0.208. The Bertz CT molecular complexity index is 1450. The number of nitrogens with one attached hydrogen (secondary N) is 1. The van der Waals surface area contributed by atoms with E-state index in [1.807, 2.05) is 6.07 Å². The third-order valence-corrected chi connectivity index (χ3v) is 8.12. The van der Waals surface area contributed by atoms with Crippen molar-refractivity contribution in [3.63, 3.8) is 0 Å². The molecule has 0 bridgehead atoms. The molecule has 8 nitrogen and oxygen atoms in total. The van der Waals surface area contributed by atoms with Crippen LogP contribution in [-0.2, 0) is 10.0 Å². The Morgan fingerprint density at radius 2 is 1.74 bits per heavy atom. The van der Waals surface area contributed by atoms with Crippen molar-refractivity contribution in [3.05, 3.63) is 78.0 Å². The van der Waals surface area contributed by atoms with Crippen molar-refractivity contribution in [2.75, 3.05) is 35.8 Å². The number of aromatic nitrogens is 2. The van der Waals surface area contributed by atoms with E-state index in [9.17, 15) is 13.2 Å². The van der Waals surface area contributed by atoms with E-state index < -0.39 is 10.0 Å². The summed E-state index contributed by atoms with van der Waals surface area (Å²) < 4.78 is 29.2. The summed E-state index contributed by atoms with van der Waals surface area (Å²) in [5.74, 6) is -0.209. The Hall–Kier alpha value is -3.50. The number of fused-ring (bicyclic) bond motifs is 1. The van der Waals surface area contributed by atoms with Gasteiger partial charge < -0.3 is 9.80 Å². The van der Waals surface area contributed by atoms with Crippen LogP contribution >= 0.6 is 11.3 Å². The molecule has 1 aliphatic rings. The van der Waals surface area contributed by atoms with E-state index in [0.29, 0.717) is 31.7 Å². The van der Waals surface area contributed by atoms with Gasteiger partial charge in [-0.1, -0.05) is 41.7 Å². The Morgan fingerprint density at radius 1 is 0.971 bits per heavy atom. The van der Waals surface area contributed by atoms with Gasteiger partial charge in [0.05, 0.1) is 21.5 Å². The first-order chi connectivity index (χ1) is 16.4. The van der Waals surface area contributed by atoms with Gasteiger partial charge in [-0.05, 0) is 42.8 Å². The number of thiazole rings is 1. The standard InChI is InChI=1S/C24H23N5O3S2/c1-17-7-6-10-20-22(17)26-24(33-20)29-15-13-28(14-16-29)23(30)18-8-2-3-9-19(18)27-34(31,32)21-11-4-5-12-25-21/h2-12,27H,13-16H2,1H3. The molecule has 1 N–H and O–H groups in total. The van der Waals surface area contributed by atoms with E-state index in [1.54, 1.807) is 52.6 Å². The summed E-state index contributed by atoms with van der Waals surface area (Å²) in [4.78, 5) is 26.0. The van der Waals surface area contributed by atoms with Crippen molar-refractivity contribution in [1.29, 1.82) is 0 Å². The zero-order valence-electron chi connectivity index (χ0n) is 18.5. The first kappa shape index (κ1) is 22.3. The number of amides is 1. The van der Waals surface area contributed by atoms with Crippen molar-refractivity contribution >= 4 is 48.3 Å². The lowest BCUT2D eigenvalue weighted by Gasteiger charge is -2.34. The van der Waals surface area contributed by atoms with Crippen LogP contribution in [0.4, 0.5) is 10.8 Å². The van der Waals surface area contributed by atoms with Gasteiger partial charge in [-0.2, -0.15) is 8.42 Å². The number of para-hydroxylation sites is 2. The minimum absolute atomic E-state index is 0.100. The minimum atomic E-state index is -3.91. The molecule has 2 aromatic carbocycles. The lowest BCUT2D eigenvalue weighted by molar-refractivity contribution is 0.0748. The molecule has 0 aliphatic carbocycles. The predicted octanol–water partition coefficient (Wildman–Crippen LogP) is 3.76. The predicted molar refractivity (Wildman–Crippen MR) is 134 cm³/mol. The highest BCUT2D eigenvalue weighted by atomic mass is 32.2. The number of hydrogen-bond donors (Lipinski definition) is 1. The summed E-state index contributed by atoms with van der Waals surface area (Å²) in [6.07, 6.45) is 1.41. The quantitative estimate of drug-likeness (QED) is 0.455. The number of anilines is 2. The molecule has 1 fully saturated rings. The molecule has 1 amide bonds. The Morgan fingerprint density at radius 3 is 2.47 bits per heavy atom. The second-order valence-corrected chi connectivity index (χ2v) is 10.7. The summed E-state index contributed by atoms with van der Waals surface area (Å²) in [5, 5.41) is 0.858. The average molecular weight is 494 g/mol. The van der Waals surface area contributed by atoms with Gasteiger partial charge in [0.15, 0.2) is 10.2 Å². The summed E-state index contributed by atoms with van der Waals surface area (Å²) in [7, 11) is -3.91. The summed E-state index contributed by atoms with van der Waals surface area (Å²) in [5.41, 5.74) is 2.72. The van der Waals surface area contributed by atoms with Crippen LogP contribution < -0.4 is 9.62 Å². The van der Waals surface area contributed by atoms with Crippen LogP contribution in [0.25, 0.3) is 10.2 Å². The van der Waals surface area contributed by atoms with E-state index in [0.717, 1.165) is 20.9 Å². The molecule has 0 saturated carbocycles. The van der Waals surface area contributed by atoms with Gasteiger partial charge in [0.2, 0.25) is 0 Å². The van der Waals surface area contributed by atoms with Crippen LogP contribution in [0.1, 0.15) is 15.9 Å². The van der Waals surface area contributed by atoms with Gasteiger partial charge >= 0.3 is 0 Å². The lowest BCUT2D eigenvalue weighted by Crippen LogP contribution is -2.48. The van der Waals surface area contributed by atoms with E-state index in [-0.39, 0.29) is 16.6 Å². The second-order valence-electron chi connectivity index (χ2n) is 8.02. The Kier molecular flexibility index (Phi) is 5.93. The van der Waals surface area contributed by atoms with Crippen molar-refractivity contribution in [1.82, 2.24) is 14.9 Å². The van der Waals surface area contributed by atoms with Crippen molar-refractivity contribution in [2.45, 2.75) is 11.9 Å². The van der Waals surface area contributed by atoms with E-state index >= 15 is 0 Å². The first-order valence-electron chi connectivity index (χ1n) is 10.9. The molecule has 1 saturated heterocycles. The SMILES string of the molecule is Cc1cccc2sc(N3CCN(C(=O)c4ccccc4NS(=O)(=O)c4ccccn4)CC3)nc12. The van der Waals surface area contributed by atoms with Gasteiger partial charge in [0, 0.05) is 32.4 Å². The molecule has 0 atom stereocenters. The van der Waals surface area contributed by atoms with Gasteiger partial charge in [0.25, 0.3) is 15.9 Å². The number of piperazine rings is 1. The largest absolute Gasteiger partial charge is 0.345 e. The van der Waals surface area contributed by atoms with Crippen molar-refractivity contribution < 1.29 is 13.2 Å². The fourth-order valence-electron chi connectivity index (χ4n) is 3.94. The second kappa shape index (κ2) is 9.03. The fourth-order valence-corrected chi connectivity index (χ4v) is 6.07. The van der Waals surface area contributed by atoms with E-state index in [1.165, 1.54) is 12.3 Å². The highest BCUT2D eigenvalue weighted by Crippen LogP contribution is 2.31. The number of nitrogens with zero attached hydrogens (tertiary/aromatic N) is 4. The molecule has 0 radical (unpaired) electrons. The number of rotatable bonds is 5. The van der Waals surface area contributed by atoms with Crippen molar-refractivity contribution in [3.8, 4) is 0 Å². The maximum absolute atomic E-state index is 13.3. The Balaban J connectivity index is 1.31. The molecule has 0 unspecified atom stereocenters. The number of pyridine rings is 1. The normalized spacial score (nSPS) is 14.4. The maximum atomic E-state index is 13.3. The smallest absolute Gasteiger partial charge is 0.279 e. The lowest BCUT2D eigenvalue weighted by atomic mass is 10.1. The van der Waals surface area contributed by atoms with Gasteiger partial charge in [-0.25, -0.2) is 9.97 Å². The Labute approximate surface area is 201 Å². The highest BCUT2D eigenvalue weighted by molar-refractivity contribution is 7.92. The first-order valence-corrected chi connectivity index (χ1v) is 13.2. The number of hydrogen-bond acceptors (Lipinski definition) is 7. The summed E-state index contributed by atoms with van der Waals surface area (Å²) in [6.45, 7) is 4.42. The van der Waals surface area contributed by atoms with Crippen LogP contribution in [0.5, 0.6) is 0 Å². The zero-order valence-corrected chi connectivity index (χ0v) is 20.1. The molecule has 2 aromatic heterocycles. The molecular weight excluding hydrogens is 470 g/mol. The zero-order chi connectivity index (χ0) is 23.7. The molecule has 1 aliphatic heterocycles. The molecular formula is C24H23N5O3S2. The molecule has 4 aromatic rings. The van der Waals surface area contributed by atoms with Crippen LogP contribution in [0.2, 0.25) is 0 Å². The number of benzene rings is 2. The molecule has 3 heterocycles. The van der Waals surface area contributed by atoms with Crippen LogP contribution in [-0.4, -0.2) is 55.4 Å². The minimum Gasteiger partial charge on any atom is -0.345 e. The monoisotopic (exact) mass is 493 g/mol. The van der Waals surface area contributed by atoms with Gasteiger partial charge in [0.1, 0.15) is 0 Å². The van der Waals surface area contributed by atoms with Gasteiger partial charge in [-0.15, -0.1) is 0 Å². The molecule has 5 rings (SSSR count). The number of carbonyl (C=O) groups is 1. The number of carbonyl (C=O) groups excluding carboxylic acids is 1. The third kappa shape index (κ3) is 4.34. The third-order valence-electron chi connectivity index (χ3n) is 5.76. The summed E-state index contributed by atoms with van der Waals surface area (Å²) >= 11 is 1.66. The number of sulfonamides is 1. The van der Waals surface area contributed by atoms with Crippen molar-refractivity contribution in [2.24, 2.45) is 0 Å². The number of aryl methyl sites for hydroxylation is 1. The summed E-state index contributed by atoms with van der Waals surface area (Å²) in [6, 6.07) is 17.5. The van der Waals surface area contributed by atoms with Crippen LogP contribution in [0.3, 0.4) is 0 Å². The van der Waals surface area contributed by atoms with E-state index in [2.05, 4.69) is 33.7 Å². The topological polar surface area (TPSA) is 95.5 Å². The maximum Gasteiger partial charge on any atom is 0.279 e. The van der Waals surface area contributed by atoms with Crippen LogP contribution in [0, 0.1) is 6.92 Å². The average Bonchev–Trinajstić information content (AvgIpc) is 3.30. The van der Waals surface area contributed by atoms with Crippen LogP contribution in [0.15, 0.2) is 71.9 Å².